The predicted octanol–water partition coefficient (Wildman–Crippen LogP) is 2.88. The minimum atomic E-state index is -0.590. The van der Waals surface area contributed by atoms with Crippen molar-refractivity contribution in [2.45, 2.75) is 12.6 Å². The van der Waals surface area contributed by atoms with Crippen molar-refractivity contribution in [1.29, 1.82) is 0 Å². The minimum absolute atomic E-state index is 0.200. The lowest BCUT2D eigenvalue weighted by Crippen LogP contribution is -2.39. The van der Waals surface area contributed by atoms with Gasteiger partial charge in [-0.05, 0) is 35.4 Å². The number of hydrogen-bond acceptors (Lipinski definition) is 4. The summed E-state index contributed by atoms with van der Waals surface area (Å²) in [6, 6.07) is 10.6. The van der Waals surface area contributed by atoms with Gasteiger partial charge in [-0.25, -0.2) is 14.2 Å². The van der Waals surface area contributed by atoms with Crippen molar-refractivity contribution >= 4 is 6.03 Å². The van der Waals surface area contributed by atoms with Crippen LogP contribution >= 0.6 is 0 Å². The molecule has 0 saturated carbocycles. The van der Waals surface area contributed by atoms with Gasteiger partial charge in [0.05, 0.1) is 0 Å². The van der Waals surface area contributed by atoms with Gasteiger partial charge in [0, 0.05) is 26.0 Å². The van der Waals surface area contributed by atoms with Gasteiger partial charge in [0.25, 0.3) is 0 Å². The lowest BCUT2D eigenvalue weighted by atomic mass is 10.1. The Hall–Kier alpha value is -3.55. The maximum atomic E-state index is 13.7. The number of carbonyl (C=O) groups is 1. The van der Waals surface area contributed by atoms with Crippen LogP contribution in [-0.4, -0.2) is 22.4 Å². The zero-order chi connectivity index (χ0) is 19.5. The molecule has 8 heteroatoms. The Balaban J connectivity index is 1.47. The van der Waals surface area contributed by atoms with Crippen molar-refractivity contribution in [3.63, 3.8) is 0 Å². The number of fused-ring (bicyclic) bond motifs is 1. The molecule has 2 N–H and O–H groups in total. The van der Waals surface area contributed by atoms with Gasteiger partial charge in [-0.1, -0.05) is 18.2 Å². The van der Waals surface area contributed by atoms with Crippen LogP contribution in [0.1, 0.15) is 23.0 Å². The van der Waals surface area contributed by atoms with E-state index in [-0.39, 0.29) is 12.6 Å². The van der Waals surface area contributed by atoms with Crippen molar-refractivity contribution in [1.82, 2.24) is 20.2 Å². The molecule has 1 atom stereocenters. The molecule has 0 saturated heterocycles. The molecule has 0 fully saturated rings. The fourth-order valence-electron chi connectivity index (χ4n) is 3.05. The van der Waals surface area contributed by atoms with Gasteiger partial charge in [0.2, 0.25) is 6.79 Å². The molecule has 28 heavy (non-hydrogen) atoms. The van der Waals surface area contributed by atoms with Crippen molar-refractivity contribution < 1.29 is 18.7 Å². The van der Waals surface area contributed by atoms with Crippen LogP contribution in [0.4, 0.5) is 9.18 Å². The summed E-state index contributed by atoms with van der Waals surface area (Å²) in [6.45, 7) is 0.505. The van der Waals surface area contributed by atoms with E-state index in [9.17, 15) is 9.18 Å². The third-order valence-electron chi connectivity index (χ3n) is 4.46. The summed E-state index contributed by atoms with van der Waals surface area (Å²) in [5.74, 6) is 1.57. The zero-order valence-electron chi connectivity index (χ0n) is 15.2. The number of aromatic nitrogens is 2. The molecular weight excluding hydrogens is 363 g/mol. The fourth-order valence-corrected chi connectivity index (χ4v) is 3.05. The number of urea groups is 1. The minimum Gasteiger partial charge on any atom is -0.454 e. The molecule has 4 rings (SSSR count). The monoisotopic (exact) mass is 382 g/mol. The normalized spacial score (nSPS) is 13.2. The molecule has 2 amide bonds. The van der Waals surface area contributed by atoms with Crippen LogP contribution < -0.4 is 20.1 Å². The number of imidazole rings is 1. The third kappa shape index (κ3) is 3.75. The molecule has 1 unspecified atom stereocenters. The lowest BCUT2D eigenvalue weighted by Gasteiger charge is -2.19. The van der Waals surface area contributed by atoms with Gasteiger partial charge in [-0.3, -0.25) is 0 Å². The topological polar surface area (TPSA) is 77.4 Å². The number of rotatable bonds is 5. The van der Waals surface area contributed by atoms with Crippen molar-refractivity contribution in [2.24, 2.45) is 7.05 Å². The van der Waals surface area contributed by atoms with E-state index in [0.29, 0.717) is 29.4 Å². The second kappa shape index (κ2) is 7.59. The Morgan fingerprint density at radius 2 is 2.11 bits per heavy atom. The van der Waals surface area contributed by atoms with E-state index in [0.717, 1.165) is 5.56 Å². The second-order valence-electron chi connectivity index (χ2n) is 6.40. The van der Waals surface area contributed by atoms with Gasteiger partial charge in [0.1, 0.15) is 17.7 Å². The Kier molecular flexibility index (Phi) is 4.84. The highest BCUT2D eigenvalue weighted by atomic mass is 19.1. The first-order valence-corrected chi connectivity index (χ1v) is 8.76. The van der Waals surface area contributed by atoms with E-state index in [2.05, 4.69) is 15.6 Å². The first kappa shape index (κ1) is 17.8. The Labute approximate surface area is 161 Å². The van der Waals surface area contributed by atoms with Gasteiger partial charge in [-0.2, -0.15) is 0 Å². The quantitative estimate of drug-likeness (QED) is 0.711. The van der Waals surface area contributed by atoms with Crippen LogP contribution in [0.3, 0.4) is 0 Å². The Morgan fingerprint density at radius 3 is 2.89 bits per heavy atom. The molecule has 1 aromatic heterocycles. The zero-order valence-corrected chi connectivity index (χ0v) is 15.2. The molecule has 0 aliphatic carbocycles. The second-order valence-corrected chi connectivity index (χ2v) is 6.40. The van der Waals surface area contributed by atoms with E-state index in [1.54, 1.807) is 35.2 Å². The summed E-state index contributed by atoms with van der Waals surface area (Å²) in [7, 11) is 1.82. The lowest BCUT2D eigenvalue weighted by molar-refractivity contribution is 0.174. The van der Waals surface area contributed by atoms with Gasteiger partial charge in [0.15, 0.2) is 11.5 Å². The van der Waals surface area contributed by atoms with Crippen molar-refractivity contribution in [3.05, 3.63) is 77.6 Å². The number of hydrogen-bond donors (Lipinski definition) is 2. The van der Waals surface area contributed by atoms with Gasteiger partial charge in [-0.15, -0.1) is 0 Å². The van der Waals surface area contributed by atoms with Crippen LogP contribution in [0.25, 0.3) is 0 Å². The molecule has 7 nitrogen and oxygen atoms in total. The summed E-state index contributed by atoms with van der Waals surface area (Å²) in [4.78, 5) is 16.8. The van der Waals surface area contributed by atoms with Crippen LogP contribution in [-0.2, 0) is 13.6 Å². The molecule has 144 valence electrons. The van der Waals surface area contributed by atoms with Crippen LogP contribution in [0.15, 0.2) is 54.9 Å². The third-order valence-corrected chi connectivity index (χ3v) is 4.46. The van der Waals surface area contributed by atoms with Crippen molar-refractivity contribution in [2.75, 3.05) is 6.79 Å². The molecule has 1 aliphatic rings. The average molecular weight is 382 g/mol. The smallest absolute Gasteiger partial charge is 0.315 e. The number of halogens is 1. The van der Waals surface area contributed by atoms with E-state index in [1.165, 1.54) is 12.1 Å². The molecule has 2 heterocycles. The predicted molar refractivity (Wildman–Crippen MR) is 99.4 cm³/mol. The number of ether oxygens (including phenoxy) is 2. The molecule has 0 radical (unpaired) electrons. The molecule has 3 aromatic rings. The van der Waals surface area contributed by atoms with Crippen molar-refractivity contribution in [3.8, 4) is 11.5 Å². The molecular formula is C20H19FN4O3. The summed E-state index contributed by atoms with van der Waals surface area (Å²) in [5.41, 5.74) is 1.48. The maximum absolute atomic E-state index is 13.7. The SMILES string of the molecule is Cn1ccnc1C(NC(=O)NCc1ccc2c(c1)OCO2)c1cccc(F)c1. The van der Waals surface area contributed by atoms with Crippen LogP contribution in [0.2, 0.25) is 0 Å². The van der Waals surface area contributed by atoms with E-state index in [1.807, 2.05) is 19.2 Å². The highest BCUT2D eigenvalue weighted by molar-refractivity contribution is 5.75. The average Bonchev–Trinajstić information content (AvgIpc) is 3.32. The molecule has 2 aromatic carbocycles. The number of nitrogens with one attached hydrogen (secondary N) is 2. The number of aryl methyl sites for hydroxylation is 1. The number of amides is 2. The fraction of sp³-hybridized carbons (Fsp3) is 0.200. The van der Waals surface area contributed by atoms with E-state index >= 15 is 0 Å². The number of nitrogens with zero attached hydrogens (tertiary/aromatic N) is 2. The van der Waals surface area contributed by atoms with E-state index in [4.69, 9.17) is 9.47 Å². The molecule has 0 bridgehead atoms. The largest absolute Gasteiger partial charge is 0.454 e. The molecule has 0 spiro atoms. The summed E-state index contributed by atoms with van der Waals surface area (Å²) in [5, 5.41) is 5.68. The first-order valence-electron chi connectivity index (χ1n) is 8.76. The maximum Gasteiger partial charge on any atom is 0.315 e. The van der Waals surface area contributed by atoms with E-state index < -0.39 is 12.1 Å². The van der Waals surface area contributed by atoms with Crippen LogP contribution in [0.5, 0.6) is 11.5 Å². The summed E-state index contributed by atoms with van der Waals surface area (Å²) in [6.07, 6.45) is 3.40. The Morgan fingerprint density at radius 1 is 1.25 bits per heavy atom. The van der Waals surface area contributed by atoms with Gasteiger partial charge < -0.3 is 24.7 Å². The number of benzene rings is 2. The van der Waals surface area contributed by atoms with Crippen LogP contribution in [0, 0.1) is 5.82 Å². The standard InChI is InChI=1S/C20H19FN4O3/c1-25-8-7-22-19(25)18(14-3-2-4-15(21)10-14)24-20(26)23-11-13-5-6-16-17(9-13)28-12-27-16/h2-10,18H,11-12H2,1H3,(H2,23,24,26). The summed E-state index contributed by atoms with van der Waals surface area (Å²) < 4.78 is 26.1. The highest BCUT2D eigenvalue weighted by Crippen LogP contribution is 2.32. The summed E-state index contributed by atoms with van der Waals surface area (Å²) >= 11 is 0. The Bertz CT molecular complexity index is 1000. The molecule has 1 aliphatic heterocycles. The van der Waals surface area contributed by atoms with Gasteiger partial charge >= 0.3 is 6.03 Å². The highest BCUT2D eigenvalue weighted by Gasteiger charge is 2.21. The first-order chi connectivity index (χ1) is 13.6. The number of carbonyl (C=O) groups excluding carboxylic acids is 1.